The Bertz CT molecular complexity index is 1120. The van der Waals surface area contributed by atoms with Gasteiger partial charge in [0, 0.05) is 24.0 Å². The van der Waals surface area contributed by atoms with Gasteiger partial charge in [-0.1, -0.05) is 18.2 Å². The normalized spacial score (nSPS) is 15.3. The predicted molar refractivity (Wildman–Crippen MR) is 117 cm³/mol. The molecule has 4 rings (SSSR count). The molecule has 0 saturated carbocycles. The lowest BCUT2D eigenvalue weighted by atomic mass is 10.0. The van der Waals surface area contributed by atoms with E-state index in [1.165, 1.54) is 12.1 Å². The van der Waals surface area contributed by atoms with Crippen molar-refractivity contribution in [3.63, 3.8) is 0 Å². The monoisotopic (exact) mass is 446 g/mol. The van der Waals surface area contributed by atoms with Crippen molar-refractivity contribution in [3.05, 3.63) is 53.1 Å². The van der Waals surface area contributed by atoms with Crippen LogP contribution in [0.5, 0.6) is 5.75 Å². The van der Waals surface area contributed by atoms with Gasteiger partial charge in [0.15, 0.2) is 0 Å². The molecule has 6 nitrogen and oxygen atoms in total. The largest absolute Gasteiger partial charge is 0.495 e. The number of fused-ring (bicyclic) bond motifs is 1. The third kappa shape index (κ3) is 4.29. The van der Waals surface area contributed by atoms with Crippen LogP contribution in [-0.2, 0) is 4.74 Å². The van der Waals surface area contributed by atoms with Crippen molar-refractivity contribution in [2.24, 2.45) is 0 Å². The molecule has 1 atom stereocenters. The number of methoxy groups -OCH3 is 1. The van der Waals surface area contributed by atoms with Gasteiger partial charge in [-0.2, -0.15) is 0 Å². The Morgan fingerprint density at radius 1 is 1.12 bits per heavy atom. The van der Waals surface area contributed by atoms with Crippen LogP contribution in [0, 0.1) is 12.7 Å². The number of alkyl halides is 2. The smallest absolute Gasteiger partial charge is 0.266 e. The van der Waals surface area contributed by atoms with Gasteiger partial charge >= 0.3 is 0 Å². The fraction of sp³-hybridized carbons (Fsp3) is 0.391. The van der Waals surface area contributed by atoms with Crippen LogP contribution in [0.4, 0.5) is 24.7 Å². The summed E-state index contributed by atoms with van der Waals surface area (Å²) in [7, 11) is 1.60. The Balaban J connectivity index is 1.74. The number of benzene rings is 2. The predicted octanol–water partition coefficient (Wildman–Crippen LogP) is 5.03. The van der Waals surface area contributed by atoms with E-state index >= 15 is 0 Å². The van der Waals surface area contributed by atoms with Gasteiger partial charge in [0.1, 0.15) is 23.2 Å². The van der Waals surface area contributed by atoms with Crippen molar-refractivity contribution in [2.45, 2.75) is 26.3 Å². The van der Waals surface area contributed by atoms with Crippen LogP contribution in [-0.4, -0.2) is 43.4 Å². The molecule has 2 aromatic carbocycles. The van der Waals surface area contributed by atoms with Gasteiger partial charge in [-0.3, -0.25) is 0 Å². The molecule has 2 heterocycles. The van der Waals surface area contributed by atoms with E-state index < -0.39 is 23.8 Å². The molecule has 32 heavy (non-hydrogen) atoms. The molecule has 1 saturated heterocycles. The van der Waals surface area contributed by atoms with Crippen molar-refractivity contribution in [3.8, 4) is 5.75 Å². The summed E-state index contributed by atoms with van der Waals surface area (Å²) in [4.78, 5) is 11.2. The zero-order chi connectivity index (χ0) is 22.8. The molecular weight excluding hydrogens is 421 g/mol. The molecule has 3 aromatic rings. The number of aryl methyl sites for hydroxylation is 1. The maximum Gasteiger partial charge on any atom is 0.266 e. The molecule has 0 aliphatic carbocycles. The van der Waals surface area contributed by atoms with Gasteiger partial charge in [-0.25, -0.2) is 23.1 Å². The Morgan fingerprint density at radius 3 is 2.53 bits per heavy atom. The van der Waals surface area contributed by atoms with Crippen LogP contribution in [0.25, 0.3) is 10.9 Å². The van der Waals surface area contributed by atoms with Crippen LogP contribution in [0.15, 0.2) is 30.3 Å². The SMILES string of the molecule is COc1cc2c(N[C@H](C)c3cccc(C(F)F)c3F)nc(C)nc2cc1N1CCOCC1. The minimum atomic E-state index is -2.88. The topological polar surface area (TPSA) is 59.5 Å². The summed E-state index contributed by atoms with van der Waals surface area (Å²) in [6, 6.07) is 7.21. The first-order valence-corrected chi connectivity index (χ1v) is 10.4. The van der Waals surface area contributed by atoms with Crippen LogP contribution in [0.1, 0.15) is 36.3 Å². The Hall–Kier alpha value is -3.07. The maximum atomic E-state index is 14.7. The van der Waals surface area contributed by atoms with E-state index in [2.05, 4.69) is 20.2 Å². The summed E-state index contributed by atoms with van der Waals surface area (Å²) < 4.78 is 52.0. The van der Waals surface area contributed by atoms with E-state index in [0.717, 1.165) is 24.8 Å². The van der Waals surface area contributed by atoms with Crippen LogP contribution in [0.2, 0.25) is 0 Å². The van der Waals surface area contributed by atoms with E-state index in [1.807, 2.05) is 12.1 Å². The van der Waals surface area contributed by atoms with Crippen LogP contribution >= 0.6 is 0 Å². The number of ether oxygens (including phenoxy) is 2. The average Bonchev–Trinajstić information content (AvgIpc) is 2.78. The first-order chi connectivity index (χ1) is 15.4. The van der Waals surface area contributed by atoms with Gasteiger partial charge in [0.2, 0.25) is 0 Å². The number of rotatable bonds is 6. The summed E-state index contributed by atoms with van der Waals surface area (Å²) in [5.74, 6) is 0.763. The third-order valence-electron chi connectivity index (χ3n) is 5.57. The zero-order valence-electron chi connectivity index (χ0n) is 18.2. The van der Waals surface area contributed by atoms with Crippen LogP contribution < -0.4 is 15.0 Å². The number of hydrogen-bond acceptors (Lipinski definition) is 6. The Labute approximate surface area is 184 Å². The lowest BCUT2D eigenvalue weighted by Crippen LogP contribution is -2.36. The molecule has 9 heteroatoms. The van der Waals surface area contributed by atoms with Gasteiger partial charge in [0.25, 0.3) is 6.43 Å². The summed E-state index contributed by atoms with van der Waals surface area (Å²) in [5.41, 5.74) is 1.15. The van der Waals surface area contributed by atoms with Crippen molar-refractivity contribution >= 4 is 22.4 Å². The number of aromatic nitrogens is 2. The summed E-state index contributed by atoms with van der Waals surface area (Å²) in [6.07, 6.45) is -2.88. The van der Waals surface area contributed by atoms with E-state index in [9.17, 15) is 13.2 Å². The molecule has 0 amide bonds. The Morgan fingerprint density at radius 2 is 1.84 bits per heavy atom. The molecule has 0 spiro atoms. The molecule has 0 bridgehead atoms. The number of morpholine rings is 1. The highest BCUT2D eigenvalue weighted by atomic mass is 19.3. The van der Waals surface area contributed by atoms with Gasteiger partial charge in [0.05, 0.1) is 43.1 Å². The minimum Gasteiger partial charge on any atom is -0.495 e. The quantitative estimate of drug-likeness (QED) is 0.573. The second kappa shape index (κ2) is 9.20. The Kier molecular flexibility index (Phi) is 6.36. The molecule has 0 radical (unpaired) electrons. The average molecular weight is 446 g/mol. The number of nitrogens with zero attached hydrogens (tertiary/aromatic N) is 3. The van der Waals surface area contributed by atoms with Crippen molar-refractivity contribution in [2.75, 3.05) is 43.6 Å². The van der Waals surface area contributed by atoms with E-state index in [0.29, 0.717) is 41.5 Å². The lowest BCUT2D eigenvalue weighted by molar-refractivity contribution is 0.122. The van der Waals surface area contributed by atoms with Crippen molar-refractivity contribution in [1.29, 1.82) is 0 Å². The standard InChI is InChI=1S/C23H25F3N4O2/c1-13(15-5-4-6-16(21(15)24)22(25)26)27-23-17-11-20(31-3)19(30-7-9-32-10-8-30)12-18(17)28-14(2)29-23/h4-6,11-13,22H,7-10H2,1-3H3,(H,27,28,29)/t13-/m1/s1. The summed E-state index contributed by atoms with van der Waals surface area (Å²) >= 11 is 0. The molecule has 1 N–H and O–H groups in total. The number of halogens is 3. The minimum absolute atomic E-state index is 0.143. The maximum absolute atomic E-state index is 14.7. The zero-order valence-corrected chi connectivity index (χ0v) is 18.2. The number of hydrogen-bond donors (Lipinski definition) is 1. The fourth-order valence-electron chi connectivity index (χ4n) is 3.94. The van der Waals surface area contributed by atoms with Gasteiger partial charge < -0.3 is 19.7 Å². The highest BCUT2D eigenvalue weighted by Gasteiger charge is 2.22. The summed E-state index contributed by atoms with van der Waals surface area (Å²) in [6.45, 7) is 6.24. The first kappa shape index (κ1) is 22.1. The van der Waals surface area contributed by atoms with Gasteiger partial charge in [-0.05, 0) is 26.0 Å². The van der Waals surface area contributed by atoms with Crippen molar-refractivity contribution < 1.29 is 22.6 Å². The molecule has 1 fully saturated rings. The number of nitrogens with one attached hydrogen (secondary N) is 1. The second-order valence-electron chi connectivity index (χ2n) is 7.68. The highest BCUT2D eigenvalue weighted by molar-refractivity contribution is 5.94. The van der Waals surface area contributed by atoms with Gasteiger partial charge in [-0.15, -0.1) is 0 Å². The lowest BCUT2D eigenvalue weighted by Gasteiger charge is -2.30. The molecule has 1 aromatic heterocycles. The molecule has 170 valence electrons. The third-order valence-corrected chi connectivity index (χ3v) is 5.57. The van der Waals surface area contributed by atoms with Crippen LogP contribution in [0.3, 0.4) is 0 Å². The van der Waals surface area contributed by atoms with E-state index in [4.69, 9.17) is 9.47 Å². The van der Waals surface area contributed by atoms with E-state index in [-0.39, 0.29) is 5.56 Å². The molecule has 1 aliphatic rings. The molecule has 1 aliphatic heterocycles. The van der Waals surface area contributed by atoms with Crippen molar-refractivity contribution in [1.82, 2.24) is 9.97 Å². The second-order valence-corrected chi connectivity index (χ2v) is 7.68. The highest BCUT2D eigenvalue weighted by Crippen LogP contribution is 2.36. The first-order valence-electron chi connectivity index (χ1n) is 10.4. The molecule has 0 unspecified atom stereocenters. The van der Waals surface area contributed by atoms with E-state index in [1.54, 1.807) is 21.0 Å². The fourth-order valence-corrected chi connectivity index (χ4v) is 3.94. The molecular formula is C23H25F3N4O2. The summed E-state index contributed by atoms with van der Waals surface area (Å²) in [5, 5.41) is 3.87. The number of anilines is 2.